The van der Waals surface area contributed by atoms with Crippen molar-refractivity contribution in [2.45, 2.75) is 31.8 Å². The van der Waals surface area contributed by atoms with Crippen LogP contribution in [0.25, 0.3) is 0 Å². The predicted molar refractivity (Wildman–Crippen MR) is 119 cm³/mol. The summed E-state index contributed by atoms with van der Waals surface area (Å²) in [5.74, 6) is 2.39. The smallest absolute Gasteiger partial charge is 0.130 e. The molecule has 1 aliphatic carbocycles. The molecule has 1 saturated carbocycles. The van der Waals surface area contributed by atoms with Gasteiger partial charge in [0, 0.05) is 44.5 Å². The first-order valence-electron chi connectivity index (χ1n) is 9.71. The molecule has 7 heteroatoms. The van der Waals surface area contributed by atoms with Crippen molar-refractivity contribution in [3.63, 3.8) is 0 Å². The second kappa shape index (κ2) is 10.4. The highest BCUT2D eigenvalue weighted by Gasteiger charge is 2.26. The summed E-state index contributed by atoms with van der Waals surface area (Å²) in [7, 11) is 1.68. The Labute approximate surface area is 180 Å². The number of nitrogens with one attached hydrogen (secondary N) is 1. The summed E-state index contributed by atoms with van der Waals surface area (Å²) < 4.78 is 6.09. The Morgan fingerprint density at radius 3 is 2.79 bits per heavy atom. The monoisotopic (exact) mass is 466 g/mol. The summed E-state index contributed by atoms with van der Waals surface area (Å²) in [5.41, 5.74) is 6.85. The average molecular weight is 468 g/mol. The van der Waals surface area contributed by atoms with Crippen LogP contribution in [-0.2, 0) is 6.54 Å². The third-order valence-electron chi connectivity index (χ3n) is 5.25. The molecule has 0 aliphatic heterocycles. The van der Waals surface area contributed by atoms with Gasteiger partial charge >= 0.3 is 0 Å². The number of rotatable bonds is 9. The molecule has 1 aromatic carbocycles. The van der Waals surface area contributed by atoms with Gasteiger partial charge in [-0.2, -0.15) is 0 Å². The molecule has 5 nitrogen and oxygen atoms in total. The van der Waals surface area contributed by atoms with Crippen LogP contribution in [0.15, 0.2) is 41.0 Å². The SMILES string of the molecule is COc1ccc(CN(CC2CCC(NCCN)C2)c2cc(Cl)c(Br)cn2)cc1. The second-order valence-corrected chi connectivity index (χ2v) is 8.57. The van der Waals surface area contributed by atoms with Crippen molar-refractivity contribution in [1.82, 2.24) is 10.3 Å². The van der Waals surface area contributed by atoms with Crippen LogP contribution in [-0.4, -0.2) is 37.8 Å². The molecule has 3 N–H and O–H groups in total. The van der Waals surface area contributed by atoms with Gasteiger partial charge in [-0.15, -0.1) is 0 Å². The van der Waals surface area contributed by atoms with E-state index in [4.69, 9.17) is 22.1 Å². The lowest BCUT2D eigenvalue weighted by Crippen LogP contribution is -2.33. The zero-order chi connectivity index (χ0) is 19.9. The normalized spacial score (nSPS) is 19.0. The number of ether oxygens (including phenoxy) is 1. The van der Waals surface area contributed by atoms with Crippen LogP contribution in [0.2, 0.25) is 5.02 Å². The van der Waals surface area contributed by atoms with Crippen LogP contribution < -0.4 is 20.7 Å². The average Bonchev–Trinajstić information content (AvgIpc) is 3.16. The van der Waals surface area contributed by atoms with Gasteiger partial charge in [0.25, 0.3) is 0 Å². The number of methoxy groups -OCH3 is 1. The summed E-state index contributed by atoms with van der Waals surface area (Å²) in [6, 6.07) is 10.7. The van der Waals surface area contributed by atoms with E-state index in [1.807, 2.05) is 18.2 Å². The lowest BCUT2D eigenvalue weighted by atomic mass is 10.1. The van der Waals surface area contributed by atoms with E-state index in [-0.39, 0.29) is 0 Å². The van der Waals surface area contributed by atoms with E-state index in [1.54, 1.807) is 13.3 Å². The fourth-order valence-electron chi connectivity index (χ4n) is 3.79. The highest BCUT2D eigenvalue weighted by molar-refractivity contribution is 9.10. The fraction of sp³-hybridized carbons (Fsp3) is 0.476. The third kappa shape index (κ3) is 5.83. The number of halogens is 2. The minimum absolute atomic E-state index is 0.567. The largest absolute Gasteiger partial charge is 0.497 e. The third-order valence-corrected chi connectivity index (χ3v) is 6.42. The van der Waals surface area contributed by atoms with Gasteiger partial charge in [-0.3, -0.25) is 0 Å². The summed E-state index contributed by atoms with van der Waals surface area (Å²) in [5, 5.41) is 4.23. The van der Waals surface area contributed by atoms with E-state index in [0.717, 1.165) is 35.7 Å². The number of hydrogen-bond donors (Lipinski definition) is 2. The van der Waals surface area contributed by atoms with E-state index >= 15 is 0 Å². The number of anilines is 1. The van der Waals surface area contributed by atoms with Crippen LogP contribution in [0, 0.1) is 5.92 Å². The van der Waals surface area contributed by atoms with Crippen molar-refractivity contribution in [3.05, 3.63) is 51.6 Å². The zero-order valence-electron chi connectivity index (χ0n) is 16.2. The van der Waals surface area contributed by atoms with Crippen molar-refractivity contribution in [3.8, 4) is 5.75 Å². The van der Waals surface area contributed by atoms with Crippen LogP contribution in [0.1, 0.15) is 24.8 Å². The maximum Gasteiger partial charge on any atom is 0.130 e. The molecular formula is C21H28BrClN4O. The van der Waals surface area contributed by atoms with Crippen molar-refractivity contribution in [2.75, 3.05) is 31.6 Å². The van der Waals surface area contributed by atoms with Gasteiger partial charge in [-0.25, -0.2) is 4.98 Å². The van der Waals surface area contributed by atoms with E-state index in [0.29, 0.717) is 23.5 Å². The Morgan fingerprint density at radius 2 is 2.11 bits per heavy atom. The molecule has 0 bridgehead atoms. The van der Waals surface area contributed by atoms with Gasteiger partial charge < -0.3 is 20.7 Å². The first-order valence-corrected chi connectivity index (χ1v) is 10.9. The zero-order valence-corrected chi connectivity index (χ0v) is 18.5. The van der Waals surface area contributed by atoms with Crippen LogP contribution in [0.4, 0.5) is 5.82 Å². The number of hydrogen-bond acceptors (Lipinski definition) is 5. The van der Waals surface area contributed by atoms with E-state index in [9.17, 15) is 0 Å². The minimum Gasteiger partial charge on any atom is -0.497 e. The molecule has 1 aromatic heterocycles. The molecule has 152 valence electrons. The Kier molecular flexibility index (Phi) is 7.97. The van der Waals surface area contributed by atoms with Gasteiger partial charge in [0.15, 0.2) is 0 Å². The molecule has 1 fully saturated rings. The molecule has 0 radical (unpaired) electrons. The number of aromatic nitrogens is 1. The molecule has 2 atom stereocenters. The molecule has 28 heavy (non-hydrogen) atoms. The lowest BCUT2D eigenvalue weighted by Gasteiger charge is -2.27. The van der Waals surface area contributed by atoms with Crippen LogP contribution in [0.3, 0.4) is 0 Å². The Bertz CT molecular complexity index is 759. The molecule has 3 rings (SSSR count). The predicted octanol–water partition coefficient (Wildman–Crippen LogP) is 4.23. The molecule has 2 aromatic rings. The van der Waals surface area contributed by atoms with Gasteiger partial charge in [0.2, 0.25) is 0 Å². The molecule has 2 unspecified atom stereocenters. The highest BCUT2D eigenvalue weighted by atomic mass is 79.9. The summed E-state index contributed by atoms with van der Waals surface area (Å²) in [6.45, 7) is 3.31. The van der Waals surface area contributed by atoms with E-state index in [2.05, 4.69) is 43.3 Å². The highest BCUT2D eigenvalue weighted by Crippen LogP contribution is 2.31. The van der Waals surface area contributed by atoms with Gasteiger partial charge in [0.05, 0.1) is 16.6 Å². The van der Waals surface area contributed by atoms with Crippen LogP contribution >= 0.6 is 27.5 Å². The second-order valence-electron chi connectivity index (χ2n) is 7.30. The summed E-state index contributed by atoms with van der Waals surface area (Å²) in [4.78, 5) is 6.95. The summed E-state index contributed by atoms with van der Waals surface area (Å²) in [6.07, 6.45) is 5.36. The van der Waals surface area contributed by atoms with Crippen molar-refractivity contribution in [1.29, 1.82) is 0 Å². The first-order chi connectivity index (χ1) is 13.6. The van der Waals surface area contributed by atoms with E-state index < -0.39 is 0 Å². The molecule has 1 heterocycles. The summed E-state index contributed by atoms with van der Waals surface area (Å²) >= 11 is 9.78. The first kappa shape index (κ1) is 21.4. The molecule has 0 amide bonds. The molecule has 1 aliphatic rings. The molecule has 0 saturated heterocycles. The fourth-order valence-corrected chi connectivity index (χ4v) is 4.16. The van der Waals surface area contributed by atoms with Gasteiger partial charge in [-0.1, -0.05) is 23.7 Å². The van der Waals surface area contributed by atoms with E-state index in [1.165, 1.54) is 24.8 Å². The van der Waals surface area contributed by atoms with Crippen LogP contribution in [0.5, 0.6) is 5.75 Å². The number of pyridine rings is 1. The maximum atomic E-state index is 6.35. The minimum atomic E-state index is 0.567. The van der Waals surface area contributed by atoms with Gasteiger partial charge in [0.1, 0.15) is 11.6 Å². The Morgan fingerprint density at radius 1 is 1.32 bits per heavy atom. The standard InChI is InChI=1S/C21H28BrClN4O/c1-28-18-6-3-15(4-7-18)13-27(21-11-20(23)19(22)12-26-21)14-16-2-5-17(10-16)25-9-8-24/h3-4,6-7,11-12,16-17,25H,2,5,8-10,13-14,24H2,1H3. The molecule has 0 spiro atoms. The van der Waals surface area contributed by atoms with Crippen molar-refractivity contribution >= 4 is 33.3 Å². The number of nitrogens with zero attached hydrogens (tertiary/aromatic N) is 2. The number of benzene rings is 1. The Balaban J connectivity index is 1.73. The Hall–Kier alpha value is -1.34. The quantitative estimate of drug-likeness (QED) is 0.578. The van der Waals surface area contributed by atoms with Crippen molar-refractivity contribution < 1.29 is 4.74 Å². The van der Waals surface area contributed by atoms with Crippen molar-refractivity contribution in [2.24, 2.45) is 11.7 Å². The topological polar surface area (TPSA) is 63.4 Å². The molecular weight excluding hydrogens is 440 g/mol. The number of nitrogens with two attached hydrogens (primary N) is 1. The van der Waals surface area contributed by atoms with Gasteiger partial charge in [-0.05, 0) is 58.8 Å². The lowest BCUT2D eigenvalue weighted by molar-refractivity contribution is 0.414. The maximum absolute atomic E-state index is 6.35.